The summed E-state index contributed by atoms with van der Waals surface area (Å²) in [5, 5.41) is 0. The van der Waals surface area contributed by atoms with Crippen LogP contribution in [0, 0.1) is 0 Å². The van der Waals surface area contributed by atoms with Crippen LogP contribution < -0.4 is 4.74 Å². The van der Waals surface area contributed by atoms with Gasteiger partial charge < -0.3 is 9.64 Å². The molecule has 1 atom stereocenters. The Morgan fingerprint density at radius 1 is 1.26 bits per heavy atom. The summed E-state index contributed by atoms with van der Waals surface area (Å²) < 4.78 is 39.8. The van der Waals surface area contributed by atoms with Gasteiger partial charge in [-0.15, -0.1) is 13.2 Å². The quantitative estimate of drug-likeness (QED) is 0.720. The van der Waals surface area contributed by atoms with Crippen molar-refractivity contribution in [1.82, 2.24) is 4.90 Å². The highest BCUT2D eigenvalue weighted by molar-refractivity contribution is 9.09. The zero-order valence-electron chi connectivity index (χ0n) is 10.9. The molecule has 0 aliphatic heterocycles. The first-order valence-electron chi connectivity index (χ1n) is 5.93. The molecule has 2 nitrogen and oxygen atoms in total. The third-order valence-electron chi connectivity index (χ3n) is 2.52. The smallest absolute Gasteiger partial charge is 0.406 e. The lowest BCUT2D eigenvalue weighted by Gasteiger charge is -2.17. The first kappa shape index (κ1) is 16.3. The Bertz CT molecular complexity index is 378. The molecule has 0 aliphatic carbocycles. The van der Waals surface area contributed by atoms with Crippen LogP contribution in [-0.2, 0) is 6.54 Å². The van der Waals surface area contributed by atoms with E-state index < -0.39 is 6.36 Å². The second kappa shape index (κ2) is 7.14. The number of halogens is 4. The molecule has 0 N–H and O–H groups in total. The Hall–Kier alpha value is -0.750. The third kappa shape index (κ3) is 7.42. The Balaban J connectivity index is 2.48. The van der Waals surface area contributed by atoms with Gasteiger partial charge in [0.25, 0.3) is 0 Å². The first-order valence-corrected chi connectivity index (χ1v) is 6.85. The van der Waals surface area contributed by atoms with Gasteiger partial charge >= 0.3 is 6.36 Å². The van der Waals surface area contributed by atoms with Crippen LogP contribution >= 0.6 is 15.9 Å². The van der Waals surface area contributed by atoms with Gasteiger partial charge in [0.2, 0.25) is 0 Å². The fraction of sp³-hybridized carbons (Fsp3) is 0.538. The molecule has 1 aromatic carbocycles. The van der Waals surface area contributed by atoms with Crippen LogP contribution in [0.2, 0.25) is 0 Å². The normalized spacial score (nSPS) is 13.6. The van der Waals surface area contributed by atoms with Crippen molar-refractivity contribution in [3.8, 4) is 5.75 Å². The second-order valence-corrected chi connectivity index (χ2v) is 6.06. The largest absolute Gasteiger partial charge is 0.573 e. The number of hydrogen-bond donors (Lipinski definition) is 0. The molecule has 0 fully saturated rings. The molecule has 6 heteroatoms. The Morgan fingerprint density at radius 2 is 1.84 bits per heavy atom. The first-order chi connectivity index (χ1) is 8.76. The van der Waals surface area contributed by atoms with Crippen molar-refractivity contribution in [3.63, 3.8) is 0 Å². The van der Waals surface area contributed by atoms with Gasteiger partial charge in [-0.2, -0.15) is 0 Å². The van der Waals surface area contributed by atoms with Gasteiger partial charge in [0.05, 0.1) is 0 Å². The minimum Gasteiger partial charge on any atom is -0.406 e. The van der Waals surface area contributed by atoms with E-state index in [1.807, 2.05) is 7.05 Å². The molecule has 0 bridgehead atoms. The standard InChI is InChI=1S/C13H17BrF3NO/c1-10(14)7-8-18(2)9-11-3-5-12(6-4-11)19-13(15,16)17/h3-6,10H,7-9H2,1-2H3. The predicted molar refractivity (Wildman–Crippen MR) is 72.5 cm³/mol. The summed E-state index contributed by atoms with van der Waals surface area (Å²) in [6, 6.07) is 5.97. The molecule has 0 radical (unpaired) electrons. The lowest BCUT2D eigenvalue weighted by molar-refractivity contribution is -0.274. The Morgan fingerprint density at radius 3 is 2.32 bits per heavy atom. The average molecular weight is 340 g/mol. The maximum atomic E-state index is 12.0. The van der Waals surface area contributed by atoms with Crippen LogP contribution in [0.25, 0.3) is 0 Å². The van der Waals surface area contributed by atoms with Crippen molar-refractivity contribution in [3.05, 3.63) is 29.8 Å². The molecule has 0 heterocycles. The van der Waals surface area contributed by atoms with E-state index >= 15 is 0 Å². The van der Waals surface area contributed by atoms with Crippen LogP contribution in [-0.4, -0.2) is 29.7 Å². The van der Waals surface area contributed by atoms with E-state index in [4.69, 9.17) is 0 Å². The average Bonchev–Trinajstić information content (AvgIpc) is 2.27. The molecule has 1 aromatic rings. The van der Waals surface area contributed by atoms with Crippen LogP contribution in [0.15, 0.2) is 24.3 Å². The van der Waals surface area contributed by atoms with Gasteiger partial charge in [-0.25, -0.2) is 0 Å². The van der Waals surface area contributed by atoms with E-state index in [0.29, 0.717) is 11.4 Å². The maximum absolute atomic E-state index is 12.0. The maximum Gasteiger partial charge on any atom is 0.573 e. The van der Waals surface area contributed by atoms with Crippen molar-refractivity contribution < 1.29 is 17.9 Å². The summed E-state index contributed by atoms with van der Waals surface area (Å²) in [4.78, 5) is 2.58. The zero-order valence-corrected chi connectivity index (χ0v) is 12.5. The summed E-state index contributed by atoms with van der Waals surface area (Å²) in [5.41, 5.74) is 0.958. The number of hydrogen-bond acceptors (Lipinski definition) is 2. The van der Waals surface area contributed by atoms with Crippen LogP contribution in [0.4, 0.5) is 13.2 Å². The fourth-order valence-corrected chi connectivity index (χ4v) is 1.79. The van der Waals surface area contributed by atoms with Gasteiger partial charge in [-0.1, -0.05) is 35.0 Å². The molecule has 0 spiro atoms. The third-order valence-corrected chi connectivity index (χ3v) is 2.98. The van der Waals surface area contributed by atoms with Crippen molar-refractivity contribution in [2.45, 2.75) is 31.1 Å². The summed E-state index contributed by atoms with van der Waals surface area (Å²) in [6.07, 6.45) is -3.61. The molecule has 108 valence electrons. The Kier molecular flexibility index (Phi) is 6.13. The molecule has 0 aliphatic rings. The van der Waals surface area contributed by atoms with Gasteiger partial charge in [0, 0.05) is 11.4 Å². The van der Waals surface area contributed by atoms with Crippen molar-refractivity contribution in [2.75, 3.05) is 13.6 Å². The molecule has 0 saturated carbocycles. The Labute approximate surface area is 119 Å². The van der Waals surface area contributed by atoms with Crippen LogP contribution in [0.5, 0.6) is 5.75 Å². The van der Waals surface area contributed by atoms with Gasteiger partial charge in [0.1, 0.15) is 5.75 Å². The van der Waals surface area contributed by atoms with Crippen molar-refractivity contribution >= 4 is 15.9 Å². The molecule has 0 amide bonds. The highest BCUT2D eigenvalue weighted by Crippen LogP contribution is 2.23. The highest BCUT2D eigenvalue weighted by atomic mass is 79.9. The lowest BCUT2D eigenvalue weighted by Crippen LogP contribution is -2.21. The monoisotopic (exact) mass is 339 g/mol. The lowest BCUT2D eigenvalue weighted by atomic mass is 10.2. The summed E-state index contributed by atoms with van der Waals surface area (Å²) in [6.45, 7) is 3.70. The van der Waals surface area contributed by atoms with E-state index in [0.717, 1.165) is 18.5 Å². The highest BCUT2D eigenvalue weighted by Gasteiger charge is 2.30. The number of rotatable bonds is 6. The minimum absolute atomic E-state index is 0.187. The van der Waals surface area contributed by atoms with Gasteiger partial charge in [0.15, 0.2) is 0 Å². The number of nitrogens with zero attached hydrogens (tertiary/aromatic N) is 1. The van der Waals surface area contributed by atoms with Crippen LogP contribution in [0.3, 0.4) is 0 Å². The molecular weight excluding hydrogens is 323 g/mol. The van der Waals surface area contributed by atoms with E-state index in [2.05, 4.69) is 32.5 Å². The SMILES string of the molecule is CC(Br)CCN(C)Cc1ccc(OC(F)(F)F)cc1. The molecule has 0 saturated heterocycles. The summed E-state index contributed by atoms with van der Waals surface area (Å²) in [5.74, 6) is -0.187. The zero-order chi connectivity index (χ0) is 14.5. The van der Waals surface area contributed by atoms with Crippen molar-refractivity contribution in [1.29, 1.82) is 0 Å². The van der Waals surface area contributed by atoms with E-state index in [-0.39, 0.29) is 5.75 Å². The minimum atomic E-state index is -4.63. The molecular formula is C13H17BrF3NO. The van der Waals surface area contributed by atoms with Gasteiger partial charge in [-0.3, -0.25) is 0 Å². The molecule has 1 unspecified atom stereocenters. The second-order valence-electron chi connectivity index (χ2n) is 4.50. The van der Waals surface area contributed by atoms with E-state index in [1.165, 1.54) is 12.1 Å². The molecule has 0 aromatic heterocycles. The van der Waals surface area contributed by atoms with E-state index in [9.17, 15) is 13.2 Å². The number of alkyl halides is 4. The van der Waals surface area contributed by atoms with Crippen molar-refractivity contribution in [2.24, 2.45) is 0 Å². The summed E-state index contributed by atoms with van der Waals surface area (Å²) >= 11 is 3.48. The van der Waals surface area contributed by atoms with E-state index in [1.54, 1.807) is 12.1 Å². The molecule has 19 heavy (non-hydrogen) atoms. The number of benzene rings is 1. The van der Waals surface area contributed by atoms with Crippen LogP contribution in [0.1, 0.15) is 18.9 Å². The number of ether oxygens (including phenoxy) is 1. The van der Waals surface area contributed by atoms with Gasteiger partial charge in [-0.05, 0) is 37.7 Å². The summed E-state index contributed by atoms with van der Waals surface area (Å²) in [7, 11) is 1.98. The fourth-order valence-electron chi connectivity index (χ4n) is 1.59. The molecule has 1 rings (SSSR count). The predicted octanol–water partition coefficient (Wildman–Crippen LogP) is 4.19. The topological polar surface area (TPSA) is 12.5 Å².